The summed E-state index contributed by atoms with van der Waals surface area (Å²) in [5, 5.41) is 0. The number of hydrogen-bond donors (Lipinski definition) is 2. The lowest BCUT2D eigenvalue weighted by molar-refractivity contribution is 0.601. The third-order valence-corrected chi connectivity index (χ3v) is 4.87. The molecule has 0 aliphatic carbocycles. The molecule has 112 valence electrons. The summed E-state index contributed by atoms with van der Waals surface area (Å²) in [6, 6.07) is 12.0. The lowest BCUT2D eigenvalue weighted by Gasteiger charge is -2.11. The van der Waals surface area contributed by atoms with E-state index >= 15 is 0 Å². The fourth-order valence-electron chi connectivity index (χ4n) is 1.97. The lowest BCUT2D eigenvalue weighted by atomic mass is 10.1. The van der Waals surface area contributed by atoms with Gasteiger partial charge in [0.05, 0.1) is 4.90 Å². The molecule has 5 heteroatoms. The molecule has 1 unspecified atom stereocenters. The van der Waals surface area contributed by atoms with Gasteiger partial charge in [0.15, 0.2) is 0 Å². The van der Waals surface area contributed by atoms with Gasteiger partial charge in [-0.05, 0) is 61.7 Å². The van der Waals surface area contributed by atoms with Crippen LogP contribution in [0.25, 0.3) is 0 Å². The molecule has 1 atom stereocenters. The monoisotopic (exact) mass is 304 g/mol. The van der Waals surface area contributed by atoms with E-state index in [1.807, 2.05) is 32.9 Å². The van der Waals surface area contributed by atoms with Crippen molar-refractivity contribution < 1.29 is 8.42 Å². The zero-order valence-electron chi connectivity index (χ0n) is 12.4. The average molecular weight is 304 g/mol. The lowest BCUT2D eigenvalue weighted by Crippen LogP contribution is -2.13. The Hall–Kier alpha value is -1.85. The van der Waals surface area contributed by atoms with Gasteiger partial charge in [-0.3, -0.25) is 4.72 Å². The van der Waals surface area contributed by atoms with Gasteiger partial charge in [-0.2, -0.15) is 0 Å². The molecule has 0 heterocycles. The summed E-state index contributed by atoms with van der Waals surface area (Å²) in [6.07, 6.45) is 0. The number of rotatable bonds is 4. The smallest absolute Gasteiger partial charge is 0.261 e. The van der Waals surface area contributed by atoms with Gasteiger partial charge in [0.25, 0.3) is 10.0 Å². The van der Waals surface area contributed by atoms with Crippen molar-refractivity contribution in [2.75, 3.05) is 4.72 Å². The zero-order chi connectivity index (χ0) is 15.6. The van der Waals surface area contributed by atoms with Crippen LogP contribution in [-0.4, -0.2) is 8.42 Å². The molecule has 0 saturated heterocycles. The third-order valence-electron chi connectivity index (χ3n) is 3.48. The van der Waals surface area contributed by atoms with E-state index in [0.717, 1.165) is 16.7 Å². The van der Waals surface area contributed by atoms with Gasteiger partial charge in [-0.1, -0.05) is 18.2 Å². The van der Waals surface area contributed by atoms with Gasteiger partial charge < -0.3 is 5.73 Å². The average Bonchev–Trinajstić information content (AvgIpc) is 2.43. The standard InChI is InChI=1S/C16H20N2O2S/c1-11-4-7-15(10-12(11)2)18-21(19,20)16-8-5-14(6-9-16)13(3)17/h4-10,13,18H,17H2,1-3H3. The maximum Gasteiger partial charge on any atom is 0.261 e. The van der Waals surface area contributed by atoms with E-state index in [-0.39, 0.29) is 10.9 Å². The Morgan fingerprint density at radius 1 is 1.00 bits per heavy atom. The first-order valence-corrected chi connectivity index (χ1v) is 8.23. The highest BCUT2D eigenvalue weighted by atomic mass is 32.2. The summed E-state index contributed by atoms with van der Waals surface area (Å²) in [5.41, 5.74) is 9.40. The van der Waals surface area contributed by atoms with Crippen LogP contribution in [0.3, 0.4) is 0 Å². The molecule has 4 nitrogen and oxygen atoms in total. The second kappa shape index (κ2) is 5.87. The Kier molecular flexibility index (Phi) is 4.34. The number of nitrogens with two attached hydrogens (primary N) is 1. The Bertz CT molecular complexity index is 735. The molecule has 0 aliphatic heterocycles. The molecule has 0 fully saturated rings. The number of aryl methyl sites for hydroxylation is 2. The van der Waals surface area contributed by atoms with Crippen LogP contribution < -0.4 is 10.5 Å². The second-order valence-electron chi connectivity index (χ2n) is 5.26. The van der Waals surface area contributed by atoms with E-state index in [1.165, 1.54) is 0 Å². The van der Waals surface area contributed by atoms with Crippen LogP contribution >= 0.6 is 0 Å². The minimum atomic E-state index is -3.58. The molecular formula is C16H20N2O2S. The van der Waals surface area contributed by atoms with Crippen molar-refractivity contribution in [3.63, 3.8) is 0 Å². The van der Waals surface area contributed by atoms with Gasteiger partial charge in [0, 0.05) is 11.7 Å². The SMILES string of the molecule is Cc1ccc(NS(=O)(=O)c2ccc(C(C)N)cc2)cc1C. The van der Waals surface area contributed by atoms with E-state index in [0.29, 0.717) is 5.69 Å². The van der Waals surface area contributed by atoms with Crippen molar-refractivity contribution in [1.82, 2.24) is 0 Å². The van der Waals surface area contributed by atoms with Crippen LogP contribution in [0.5, 0.6) is 0 Å². The first kappa shape index (κ1) is 15.5. The highest BCUT2D eigenvalue weighted by Gasteiger charge is 2.14. The van der Waals surface area contributed by atoms with Crippen molar-refractivity contribution in [1.29, 1.82) is 0 Å². The minimum absolute atomic E-state index is 0.116. The topological polar surface area (TPSA) is 72.2 Å². The van der Waals surface area contributed by atoms with Crippen LogP contribution in [0.2, 0.25) is 0 Å². The molecule has 21 heavy (non-hydrogen) atoms. The Morgan fingerprint density at radius 2 is 1.62 bits per heavy atom. The summed E-state index contributed by atoms with van der Waals surface area (Å²) >= 11 is 0. The second-order valence-corrected chi connectivity index (χ2v) is 6.94. The maximum absolute atomic E-state index is 12.3. The Balaban J connectivity index is 2.27. The molecule has 2 aromatic carbocycles. The molecule has 0 amide bonds. The van der Waals surface area contributed by atoms with Gasteiger partial charge in [-0.25, -0.2) is 8.42 Å². The van der Waals surface area contributed by atoms with Crippen molar-refractivity contribution >= 4 is 15.7 Å². The van der Waals surface area contributed by atoms with E-state index in [9.17, 15) is 8.42 Å². The van der Waals surface area contributed by atoms with Gasteiger partial charge in [-0.15, -0.1) is 0 Å². The van der Waals surface area contributed by atoms with Crippen LogP contribution in [0.1, 0.15) is 29.7 Å². The van der Waals surface area contributed by atoms with E-state index in [2.05, 4.69) is 4.72 Å². The summed E-state index contributed by atoms with van der Waals surface area (Å²) in [4.78, 5) is 0.227. The number of anilines is 1. The molecule has 2 aromatic rings. The van der Waals surface area contributed by atoms with Crippen LogP contribution in [-0.2, 0) is 10.0 Å². The number of benzene rings is 2. The predicted molar refractivity (Wildman–Crippen MR) is 85.8 cm³/mol. The maximum atomic E-state index is 12.3. The summed E-state index contributed by atoms with van der Waals surface area (Å²) < 4.78 is 27.3. The summed E-state index contributed by atoms with van der Waals surface area (Å²) in [5.74, 6) is 0. The van der Waals surface area contributed by atoms with Crippen LogP contribution in [0.4, 0.5) is 5.69 Å². The molecule has 0 saturated carbocycles. The fourth-order valence-corrected chi connectivity index (χ4v) is 3.02. The fraction of sp³-hybridized carbons (Fsp3) is 0.250. The third kappa shape index (κ3) is 3.62. The first-order valence-electron chi connectivity index (χ1n) is 6.75. The van der Waals surface area contributed by atoms with Crippen molar-refractivity contribution in [2.45, 2.75) is 31.7 Å². The van der Waals surface area contributed by atoms with E-state index in [1.54, 1.807) is 30.3 Å². The Morgan fingerprint density at radius 3 is 2.14 bits per heavy atom. The molecule has 3 N–H and O–H groups in total. The first-order chi connectivity index (χ1) is 9.79. The number of hydrogen-bond acceptors (Lipinski definition) is 3. The van der Waals surface area contributed by atoms with Gasteiger partial charge >= 0.3 is 0 Å². The highest BCUT2D eigenvalue weighted by Crippen LogP contribution is 2.20. The summed E-state index contributed by atoms with van der Waals surface area (Å²) in [7, 11) is -3.58. The predicted octanol–water partition coefficient (Wildman–Crippen LogP) is 3.12. The number of nitrogens with one attached hydrogen (secondary N) is 1. The normalized spacial score (nSPS) is 13.0. The molecule has 0 bridgehead atoms. The molecule has 0 aromatic heterocycles. The minimum Gasteiger partial charge on any atom is -0.324 e. The molecule has 2 rings (SSSR count). The zero-order valence-corrected chi connectivity index (χ0v) is 13.2. The molecule has 0 aliphatic rings. The highest BCUT2D eigenvalue weighted by molar-refractivity contribution is 7.92. The van der Waals surface area contributed by atoms with Crippen LogP contribution in [0.15, 0.2) is 47.4 Å². The Labute approximate surface area is 126 Å². The number of sulfonamides is 1. The quantitative estimate of drug-likeness (QED) is 0.911. The van der Waals surface area contributed by atoms with E-state index < -0.39 is 10.0 Å². The molecular weight excluding hydrogens is 284 g/mol. The van der Waals surface area contributed by atoms with Crippen molar-refractivity contribution in [3.8, 4) is 0 Å². The van der Waals surface area contributed by atoms with Crippen molar-refractivity contribution in [3.05, 3.63) is 59.2 Å². The summed E-state index contributed by atoms with van der Waals surface area (Å²) in [6.45, 7) is 5.79. The molecule has 0 radical (unpaired) electrons. The van der Waals surface area contributed by atoms with Gasteiger partial charge in [0.1, 0.15) is 0 Å². The van der Waals surface area contributed by atoms with Gasteiger partial charge in [0.2, 0.25) is 0 Å². The van der Waals surface area contributed by atoms with E-state index in [4.69, 9.17) is 5.73 Å². The van der Waals surface area contributed by atoms with Crippen molar-refractivity contribution in [2.24, 2.45) is 5.73 Å². The largest absolute Gasteiger partial charge is 0.324 e. The van der Waals surface area contributed by atoms with Crippen LogP contribution in [0, 0.1) is 13.8 Å². The molecule has 0 spiro atoms.